The van der Waals surface area contributed by atoms with Gasteiger partial charge in [0.25, 0.3) is 10.0 Å². The number of rotatable bonds is 6. The molecule has 0 unspecified atom stereocenters. The molecule has 0 bridgehead atoms. The molecule has 0 aromatic heterocycles. The molecule has 0 saturated heterocycles. The number of hydrogen-bond donors (Lipinski definition) is 3. The first kappa shape index (κ1) is 21.5. The van der Waals surface area contributed by atoms with Crippen molar-refractivity contribution in [3.63, 3.8) is 0 Å². The van der Waals surface area contributed by atoms with Crippen molar-refractivity contribution in [1.29, 1.82) is 0 Å². The number of ketones is 1. The van der Waals surface area contributed by atoms with Gasteiger partial charge in [0.1, 0.15) is 0 Å². The number of sulfonamides is 1. The maximum absolute atomic E-state index is 12.5. The van der Waals surface area contributed by atoms with Gasteiger partial charge in [-0.3, -0.25) is 9.52 Å². The lowest BCUT2D eigenvalue weighted by atomic mass is 10.1. The van der Waals surface area contributed by atoms with Gasteiger partial charge in [-0.15, -0.1) is 0 Å². The van der Waals surface area contributed by atoms with Crippen LogP contribution in [0.5, 0.6) is 0 Å². The first-order chi connectivity index (χ1) is 14.2. The van der Waals surface area contributed by atoms with Crippen molar-refractivity contribution in [2.45, 2.75) is 18.7 Å². The lowest BCUT2D eigenvalue weighted by Gasteiger charge is -2.12. The Morgan fingerprint density at radius 3 is 2.07 bits per heavy atom. The van der Waals surface area contributed by atoms with Gasteiger partial charge in [-0.2, -0.15) is 0 Å². The van der Waals surface area contributed by atoms with Crippen molar-refractivity contribution < 1.29 is 13.2 Å². The van der Waals surface area contributed by atoms with Crippen molar-refractivity contribution in [3.05, 3.63) is 83.9 Å². The number of carbonyl (C=O) groups is 1. The molecule has 3 aromatic rings. The molecule has 0 heterocycles. The van der Waals surface area contributed by atoms with Gasteiger partial charge < -0.3 is 10.6 Å². The number of aryl methyl sites for hydroxylation is 1. The Balaban J connectivity index is 1.63. The quantitative estimate of drug-likeness (QED) is 0.377. The van der Waals surface area contributed by atoms with Crippen molar-refractivity contribution in [1.82, 2.24) is 0 Å². The molecule has 0 amide bonds. The molecule has 3 aromatic carbocycles. The molecule has 0 aliphatic carbocycles. The Kier molecular flexibility index (Phi) is 6.49. The van der Waals surface area contributed by atoms with Crippen LogP contribution >= 0.6 is 12.2 Å². The van der Waals surface area contributed by atoms with Crippen molar-refractivity contribution in [3.8, 4) is 0 Å². The fourth-order valence-corrected chi connectivity index (χ4v) is 3.96. The van der Waals surface area contributed by atoms with Crippen LogP contribution in [0.1, 0.15) is 22.8 Å². The van der Waals surface area contributed by atoms with Crippen LogP contribution in [0, 0.1) is 6.92 Å². The Morgan fingerprint density at radius 1 is 0.833 bits per heavy atom. The number of carbonyl (C=O) groups excluding carboxylic acids is 1. The van der Waals surface area contributed by atoms with Crippen LogP contribution in [0.15, 0.2) is 77.7 Å². The smallest absolute Gasteiger partial charge is 0.261 e. The lowest BCUT2D eigenvalue weighted by molar-refractivity contribution is 0.101. The van der Waals surface area contributed by atoms with E-state index in [1.54, 1.807) is 66.7 Å². The van der Waals surface area contributed by atoms with E-state index in [4.69, 9.17) is 12.2 Å². The Morgan fingerprint density at radius 2 is 1.43 bits per heavy atom. The predicted octanol–water partition coefficient (Wildman–Crippen LogP) is 4.81. The zero-order valence-corrected chi connectivity index (χ0v) is 18.1. The van der Waals surface area contributed by atoms with E-state index in [1.165, 1.54) is 6.92 Å². The van der Waals surface area contributed by atoms with Gasteiger partial charge in [0.15, 0.2) is 10.9 Å². The van der Waals surface area contributed by atoms with E-state index in [2.05, 4.69) is 15.4 Å². The van der Waals surface area contributed by atoms with E-state index in [-0.39, 0.29) is 10.7 Å². The predicted molar refractivity (Wildman–Crippen MR) is 125 cm³/mol. The van der Waals surface area contributed by atoms with E-state index >= 15 is 0 Å². The van der Waals surface area contributed by atoms with Gasteiger partial charge in [0, 0.05) is 22.6 Å². The summed E-state index contributed by atoms with van der Waals surface area (Å²) in [7, 11) is -3.65. The maximum atomic E-state index is 12.5. The fraction of sp³-hybridized carbons (Fsp3) is 0.0909. The molecular weight excluding hydrogens is 418 g/mol. The summed E-state index contributed by atoms with van der Waals surface area (Å²) >= 11 is 5.30. The molecule has 6 nitrogen and oxygen atoms in total. The van der Waals surface area contributed by atoms with Gasteiger partial charge >= 0.3 is 0 Å². The third-order valence-electron chi connectivity index (χ3n) is 4.25. The van der Waals surface area contributed by atoms with Crippen molar-refractivity contribution in [2.24, 2.45) is 0 Å². The summed E-state index contributed by atoms with van der Waals surface area (Å²) in [4.78, 5) is 11.7. The molecule has 3 rings (SSSR count). The largest absolute Gasteiger partial charge is 0.332 e. The van der Waals surface area contributed by atoms with E-state index in [1.807, 2.05) is 13.0 Å². The minimum Gasteiger partial charge on any atom is -0.332 e. The molecule has 0 atom stereocenters. The Labute approximate surface area is 181 Å². The van der Waals surface area contributed by atoms with Gasteiger partial charge in [0.2, 0.25) is 0 Å². The topological polar surface area (TPSA) is 87.3 Å². The second-order valence-electron chi connectivity index (χ2n) is 6.71. The monoisotopic (exact) mass is 439 g/mol. The SMILES string of the molecule is CC(=O)c1cccc(NC(=S)Nc2ccc(NS(=O)(=O)c3ccc(C)cc3)cc2)c1. The zero-order chi connectivity index (χ0) is 21.7. The average molecular weight is 440 g/mol. The van der Waals surface area contributed by atoms with E-state index in [0.29, 0.717) is 27.7 Å². The molecular formula is C22H21N3O3S2. The zero-order valence-electron chi connectivity index (χ0n) is 16.5. The van der Waals surface area contributed by atoms with Gasteiger partial charge in [-0.25, -0.2) is 8.42 Å². The van der Waals surface area contributed by atoms with Gasteiger partial charge in [0.05, 0.1) is 4.90 Å². The highest BCUT2D eigenvalue weighted by molar-refractivity contribution is 7.92. The molecule has 0 saturated carbocycles. The van der Waals surface area contributed by atoms with Crippen LogP contribution < -0.4 is 15.4 Å². The average Bonchev–Trinajstić information content (AvgIpc) is 2.70. The second kappa shape index (κ2) is 9.06. The minimum atomic E-state index is -3.65. The number of thiocarbonyl (C=S) groups is 1. The van der Waals surface area contributed by atoms with Crippen LogP contribution in [0.2, 0.25) is 0 Å². The van der Waals surface area contributed by atoms with Crippen LogP contribution in [-0.4, -0.2) is 19.3 Å². The number of nitrogens with one attached hydrogen (secondary N) is 3. The van der Waals surface area contributed by atoms with Crippen LogP contribution in [0.4, 0.5) is 17.1 Å². The summed E-state index contributed by atoms with van der Waals surface area (Å²) < 4.78 is 27.5. The van der Waals surface area contributed by atoms with Crippen molar-refractivity contribution in [2.75, 3.05) is 15.4 Å². The van der Waals surface area contributed by atoms with Crippen molar-refractivity contribution >= 4 is 50.2 Å². The number of benzene rings is 3. The summed E-state index contributed by atoms with van der Waals surface area (Å²) in [5.41, 5.74) is 3.40. The third kappa shape index (κ3) is 5.65. The fourth-order valence-electron chi connectivity index (χ4n) is 2.66. The minimum absolute atomic E-state index is 0.0267. The number of Topliss-reactive ketones (excluding diaryl/α,β-unsaturated/α-hetero) is 1. The molecule has 0 aliphatic rings. The summed E-state index contributed by atoms with van der Waals surface area (Å²) in [6.45, 7) is 3.40. The second-order valence-corrected chi connectivity index (χ2v) is 8.80. The summed E-state index contributed by atoms with van der Waals surface area (Å²) in [6, 6.07) is 20.4. The van der Waals surface area contributed by atoms with E-state index in [9.17, 15) is 13.2 Å². The highest BCUT2D eigenvalue weighted by atomic mass is 32.2. The first-order valence-corrected chi connectivity index (χ1v) is 11.0. The molecule has 0 radical (unpaired) electrons. The third-order valence-corrected chi connectivity index (χ3v) is 5.85. The number of anilines is 3. The normalized spacial score (nSPS) is 10.9. The van der Waals surface area contributed by atoms with Gasteiger partial charge in [-0.05, 0) is 74.6 Å². The lowest BCUT2D eigenvalue weighted by Crippen LogP contribution is -2.19. The molecule has 0 spiro atoms. The molecule has 8 heteroatoms. The Hall–Kier alpha value is -3.23. The highest BCUT2D eigenvalue weighted by Gasteiger charge is 2.13. The molecule has 0 aliphatic heterocycles. The standard InChI is InChI=1S/C22H21N3O3S2/c1-15-6-12-21(13-7-15)30(27,28)25-19-10-8-18(9-11-19)23-22(29)24-20-5-3-4-17(14-20)16(2)26/h3-14,25H,1-2H3,(H2,23,24,29). The van der Waals surface area contributed by atoms with Crippen LogP contribution in [0.3, 0.4) is 0 Å². The summed E-state index contributed by atoms with van der Waals surface area (Å²) in [5, 5.41) is 6.40. The highest BCUT2D eigenvalue weighted by Crippen LogP contribution is 2.19. The molecule has 30 heavy (non-hydrogen) atoms. The van der Waals surface area contributed by atoms with Crippen LogP contribution in [0.25, 0.3) is 0 Å². The molecule has 0 fully saturated rings. The number of hydrogen-bond acceptors (Lipinski definition) is 4. The van der Waals surface area contributed by atoms with Gasteiger partial charge in [-0.1, -0.05) is 29.8 Å². The molecule has 3 N–H and O–H groups in total. The summed E-state index contributed by atoms with van der Waals surface area (Å²) in [6.07, 6.45) is 0. The van der Waals surface area contributed by atoms with E-state index in [0.717, 1.165) is 5.56 Å². The van der Waals surface area contributed by atoms with E-state index < -0.39 is 10.0 Å². The summed E-state index contributed by atoms with van der Waals surface area (Å²) in [5.74, 6) is -0.0267. The first-order valence-electron chi connectivity index (χ1n) is 9.11. The Bertz CT molecular complexity index is 1170. The van der Waals surface area contributed by atoms with Crippen LogP contribution in [-0.2, 0) is 10.0 Å². The maximum Gasteiger partial charge on any atom is 0.261 e. The molecule has 154 valence electrons.